The molecular weight excluding hydrogens is 306 g/mol. The van der Waals surface area contributed by atoms with Gasteiger partial charge in [-0.05, 0) is 23.8 Å². The van der Waals surface area contributed by atoms with Crippen molar-refractivity contribution >= 4 is 16.7 Å². The van der Waals surface area contributed by atoms with E-state index >= 15 is 0 Å². The molecule has 0 saturated heterocycles. The van der Waals surface area contributed by atoms with Crippen LogP contribution in [0.2, 0.25) is 0 Å². The summed E-state index contributed by atoms with van der Waals surface area (Å²) >= 11 is 0. The molecule has 1 heterocycles. The Kier molecular flexibility index (Phi) is 4.14. The number of benzene rings is 2. The number of H-pyrrole nitrogens is 1. The van der Waals surface area contributed by atoms with Gasteiger partial charge < -0.3 is 5.11 Å². The summed E-state index contributed by atoms with van der Waals surface area (Å²) in [6, 6.07) is 13.4. The second-order valence-corrected chi connectivity index (χ2v) is 5.29. The Labute approximate surface area is 137 Å². The van der Waals surface area contributed by atoms with Crippen molar-refractivity contribution in [2.75, 3.05) is 5.43 Å². The van der Waals surface area contributed by atoms with E-state index in [0.717, 1.165) is 10.8 Å². The fraction of sp³-hybridized carbons (Fsp3) is 0.118. The number of hydrogen-bond donors (Lipinski definition) is 4. The summed E-state index contributed by atoms with van der Waals surface area (Å²) in [6.07, 6.45) is 0. The molecule has 0 bridgehead atoms. The number of fused-ring (bicyclic) bond motifs is 1. The normalized spacial score (nSPS) is 11.8. The highest BCUT2D eigenvalue weighted by Crippen LogP contribution is 2.32. The number of aromatic amines is 1. The number of nitriles is 1. The molecule has 0 fully saturated rings. The van der Waals surface area contributed by atoms with Crippen LogP contribution < -0.4 is 16.4 Å². The minimum Gasteiger partial charge on any atom is -0.508 e. The minimum atomic E-state index is -0.845. The molecule has 7 nitrogen and oxygen atoms in total. The molecule has 2 aromatic carbocycles. The van der Waals surface area contributed by atoms with Crippen molar-refractivity contribution in [3.8, 4) is 11.8 Å². The summed E-state index contributed by atoms with van der Waals surface area (Å²) in [6.45, 7) is 1.69. The van der Waals surface area contributed by atoms with Crippen LogP contribution in [0.25, 0.3) is 10.8 Å². The van der Waals surface area contributed by atoms with E-state index in [9.17, 15) is 15.2 Å². The first-order valence-electron chi connectivity index (χ1n) is 7.28. The standard InChI is InChI=1S/C17H15N5O2/c1-10-8-15(24)20-17(19-10)22-21-13(9-18)16-12-5-3-2-4-11(12)6-7-14(16)23/h2-8,13,21,23H,1H3,(H2,19,20,22,24)/t13-/m1/s1. The maximum Gasteiger partial charge on any atom is 0.252 e. The first-order chi connectivity index (χ1) is 11.6. The summed E-state index contributed by atoms with van der Waals surface area (Å²) in [5, 5.41) is 21.4. The third-order valence-corrected chi connectivity index (χ3v) is 3.57. The predicted molar refractivity (Wildman–Crippen MR) is 90.3 cm³/mol. The molecule has 1 atom stereocenters. The Morgan fingerprint density at radius 2 is 2.08 bits per heavy atom. The number of anilines is 1. The minimum absolute atomic E-state index is 0.0141. The number of aromatic nitrogens is 2. The van der Waals surface area contributed by atoms with Gasteiger partial charge in [0.15, 0.2) is 0 Å². The smallest absolute Gasteiger partial charge is 0.252 e. The van der Waals surface area contributed by atoms with E-state index in [2.05, 4.69) is 26.9 Å². The lowest BCUT2D eigenvalue weighted by Crippen LogP contribution is -2.29. The molecule has 0 unspecified atom stereocenters. The molecule has 0 spiro atoms. The molecule has 3 rings (SSSR count). The van der Waals surface area contributed by atoms with E-state index in [0.29, 0.717) is 11.3 Å². The van der Waals surface area contributed by atoms with Gasteiger partial charge in [0, 0.05) is 17.3 Å². The molecule has 0 aliphatic heterocycles. The SMILES string of the molecule is Cc1cc(=O)[nH]c(NN[C@H](C#N)c2c(O)ccc3ccccc23)n1. The molecular formula is C17H15N5O2. The van der Waals surface area contributed by atoms with Crippen LogP contribution in [-0.4, -0.2) is 15.1 Å². The average molecular weight is 321 g/mol. The highest BCUT2D eigenvalue weighted by atomic mass is 16.3. The molecule has 120 valence electrons. The van der Waals surface area contributed by atoms with Crippen molar-refractivity contribution in [3.05, 3.63) is 64.1 Å². The Morgan fingerprint density at radius 1 is 1.29 bits per heavy atom. The lowest BCUT2D eigenvalue weighted by molar-refractivity contribution is 0.464. The predicted octanol–water partition coefficient (Wildman–Crippen LogP) is 2.12. The number of nitrogens with one attached hydrogen (secondary N) is 3. The van der Waals surface area contributed by atoms with Crippen LogP contribution in [0, 0.1) is 18.3 Å². The number of hydrazine groups is 1. The second-order valence-electron chi connectivity index (χ2n) is 5.29. The molecule has 24 heavy (non-hydrogen) atoms. The number of phenols is 1. The highest BCUT2D eigenvalue weighted by molar-refractivity contribution is 5.88. The van der Waals surface area contributed by atoms with E-state index in [1.807, 2.05) is 24.3 Å². The van der Waals surface area contributed by atoms with E-state index in [1.54, 1.807) is 19.1 Å². The van der Waals surface area contributed by atoms with Gasteiger partial charge in [0.2, 0.25) is 5.95 Å². The Hall–Kier alpha value is -3.37. The molecule has 4 N–H and O–H groups in total. The molecule has 0 amide bonds. The van der Waals surface area contributed by atoms with Gasteiger partial charge in [-0.15, -0.1) is 0 Å². The summed E-state index contributed by atoms with van der Waals surface area (Å²) in [5.41, 5.74) is 6.21. The van der Waals surface area contributed by atoms with Crippen molar-refractivity contribution in [2.45, 2.75) is 13.0 Å². The Morgan fingerprint density at radius 3 is 2.83 bits per heavy atom. The maximum atomic E-state index is 11.5. The van der Waals surface area contributed by atoms with Crippen LogP contribution in [-0.2, 0) is 0 Å². The highest BCUT2D eigenvalue weighted by Gasteiger charge is 2.18. The monoisotopic (exact) mass is 321 g/mol. The van der Waals surface area contributed by atoms with Crippen LogP contribution >= 0.6 is 0 Å². The van der Waals surface area contributed by atoms with Gasteiger partial charge in [0.05, 0.1) is 6.07 Å². The third kappa shape index (κ3) is 3.04. The molecule has 7 heteroatoms. The molecule has 0 aliphatic rings. The Balaban J connectivity index is 1.94. The first-order valence-corrected chi connectivity index (χ1v) is 7.28. The Bertz CT molecular complexity index is 990. The molecule has 0 saturated carbocycles. The largest absolute Gasteiger partial charge is 0.508 e. The van der Waals surface area contributed by atoms with Crippen LogP contribution in [0.5, 0.6) is 5.75 Å². The van der Waals surface area contributed by atoms with Crippen molar-refractivity contribution < 1.29 is 5.11 Å². The van der Waals surface area contributed by atoms with Gasteiger partial charge in [-0.3, -0.25) is 15.2 Å². The van der Waals surface area contributed by atoms with Gasteiger partial charge in [-0.25, -0.2) is 10.4 Å². The zero-order valence-corrected chi connectivity index (χ0v) is 12.9. The number of rotatable bonds is 4. The van der Waals surface area contributed by atoms with E-state index in [4.69, 9.17) is 0 Å². The zero-order valence-electron chi connectivity index (χ0n) is 12.9. The van der Waals surface area contributed by atoms with Crippen molar-refractivity contribution in [3.63, 3.8) is 0 Å². The van der Waals surface area contributed by atoms with Crippen LogP contribution in [0.15, 0.2) is 47.3 Å². The average Bonchev–Trinajstić information content (AvgIpc) is 2.56. The lowest BCUT2D eigenvalue weighted by atomic mass is 9.98. The second kappa shape index (κ2) is 6.40. The number of aromatic hydroxyl groups is 1. The van der Waals surface area contributed by atoms with Crippen molar-refractivity contribution in [1.29, 1.82) is 5.26 Å². The van der Waals surface area contributed by atoms with Crippen molar-refractivity contribution in [2.24, 2.45) is 0 Å². The molecule has 0 radical (unpaired) electrons. The summed E-state index contributed by atoms with van der Waals surface area (Å²) < 4.78 is 0. The fourth-order valence-electron chi connectivity index (χ4n) is 2.54. The van der Waals surface area contributed by atoms with Gasteiger partial charge in [0.1, 0.15) is 11.8 Å². The van der Waals surface area contributed by atoms with Gasteiger partial charge in [0.25, 0.3) is 5.56 Å². The quantitative estimate of drug-likeness (QED) is 0.547. The topological polar surface area (TPSA) is 114 Å². The van der Waals surface area contributed by atoms with E-state index < -0.39 is 6.04 Å². The number of nitrogens with zero attached hydrogens (tertiary/aromatic N) is 2. The van der Waals surface area contributed by atoms with Gasteiger partial charge >= 0.3 is 0 Å². The van der Waals surface area contributed by atoms with Gasteiger partial charge in [-0.2, -0.15) is 5.26 Å². The zero-order chi connectivity index (χ0) is 17.1. The van der Waals surface area contributed by atoms with Crippen LogP contribution in [0.3, 0.4) is 0 Å². The summed E-state index contributed by atoms with van der Waals surface area (Å²) in [5.74, 6) is 0.209. The number of aryl methyl sites for hydroxylation is 1. The molecule has 1 aromatic heterocycles. The molecule has 3 aromatic rings. The third-order valence-electron chi connectivity index (χ3n) is 3.57. The van der Waals surface area contributed by atoms with Crippen LogP contribution in [0.1, 0.15) is 17.3 Å². The molecule has 0 aliphatic carbocycles. The number of hydrogen-bond acceptors (Lipinski definition) is 6. The lowest BCUT2D eigenvalue weighted by Gasteiger charge is -2.16. The van der Waals surface area contributed by atoms with Gasteiger partial charge in [-0.1, -0.05) is 30.3 Å². The summed E-state index contributed by atoms with van der Waals surface area (Å²) in [4.78, 5) is 18.1. The fourth-order valence-corrected chi connectivity index (χ4v) is 2.54. The first kappa shape index (κ1) is 15.5. The van der Waals surface area contributed by atoms with E-state index in [-0.39, 0.29) is 17.3 Å². The van der Waals surface area contributed by atoms with E-state index in [1.165, 1.54) is 6.07 Å². The maximum absolute atomic E-state index is 11.5. The van der Waals surface area contributed by atoms with Crippen molar-refractivity contribution in [1.82, 2.24) is 15.4 Å². The van der Waals surface area contributed by atoms with Crippen LogP contribution in [0.4, 0.5) is 5.95 Å². The summed E-state index contributed by atoms with van der Waals surface area (Å²) in [7, 11) is 0. The number of phenolic OH excluding ortho intramolecular Hbond substituents is 1.